The molecule has 1 fully saturated rings. The number of nitriles is 1. The average Bonchev–Trinajstić information content (AvgIpc) is 2.47. The molecule has 1 heterocycles. The molecular formula is C13H14N4O2. The first-order chi connectivity index (χ1) is 9.22. The largest absolute Gasteiger partial charge is 0.411 e. The minimum absolute atomic E-state index is 0.202. The molecule has 0 saturated carbocycles. The number of hydrogen-bond donors (Lipinski definition) is 2. The highest BCUT2D eigenvalue weighted by Crippen LogP contribution is 2.13. The molecule has 1 aromatic rings. The molecule has 1 aliphatic rings. The Morgan fingerprint density at radius 1 is 1.42 bits per heavy atom. The third-order valence-electron chi connectivity index (χ3n) is 3.01. The van der Waals surface area contributed by atoms with E-state index in [9.17, 15) is 4.79 Å². The van der Waals surface area contributed by atoms with Crippen molar-refractivity contribution >= 4 is 17.4 Å². The van der Waals surface area contributed by atoms with Gasteiger partial charge in [-0.2, -0.15) is 5.26 Å². The maximum Gasteiger partial charge on any atom is 0.321 e. The van der Waals surface area contributed by atoms with E-state index < -0.39 is 0 Å². The molecule has 1 aromatic carbocycles. The molecule has 0 bridgehead atoms. The van der Waals surface area contributed by atoms with Crippen LogP contribution < -0.4 is 5.32 Å². The highest BCUT2D eigenvalue weighted by molar-refractivity contribution is 5.92. The van der Waals surface area contributed by atoms with Crippen LogP contribution in [0.4, 0.5) is 10.5 Å². The average molecular weight is 258 g/mol. The van der Waals surface area contributed by atoms with Gasteiger partial charge in [0.1, 0.15) is 0 Å². The Labute approximate surface area is 110 Å². The summed E-state index contributed by atoms with van der Waals surface area (Å²) < 4.78 is 0. The molecule has 0 spiro atoms. The van der Waals surface area contributed by atoms with Crippen LogP contribution >= 0.6 is 0 Å². The van der Waals surface area contributed by atoms with Crippen LogP contribution in [0.15, 0.2) is 29.4 Å². The first-order valence-corrected chi connectivity index (χ1v) is 5.99. The molecule has 0 aromatic heterocycles. The third-order valence-corrected chi connectivity index (χ3v) is 3.01. The number of oxime groups is 1. The van der Waals surface area contributed by atoms with Crippen molar-refractivity contribution < 1.29 is 10.0 Å². The zero-order valence-corrected chi connectivity index (χ0v) is 10.3. The number of carbonyl (C=O) groups is 1. The normalized spacial score (nSPS) is 14.7. The highest BCUT2D eigenvalue weighted by atomic mass is 16.4. The number of urea groups is 1. The fraction of sp³-hybridized carbons (Fsp3) is 0.308. The quantitative estimate of drug-likeness (QED) is 0.596. The van der Waals surface area contributed by atoms with Crippen molar-refractivity contribution in [3.05, 3.63) is 29.8 Å². The SMILES string of the molecule is N#Cc1cccc(NC(=O)N2CCC(=NO)CC2)c1. The summed E-state index contributed by atoms with van der Waals surface area (Å²) >= 11 is 0. The Morgan fingerprint density at radius 2 is 2.16 bits per heavy atom. The van der Waals surface area contributed by atoms with Gasteiger partial charge in [0.2, 0.25) is 0 Å². The van der Waals surface area contributed by atoms with E-state index in [-0.39, 0.29) is 6.03 Å². The summed E-state index contributed by atoms with van der Waals surface area (Å²) in [5.41, 5.74) is 1.83. The molecule has 1 saturated heterocycles. The summed E-state index contributed by atoms with van der Waals surface area (Å²) in [5, 5.41) is 23.4. The van der Waals surface area contributed by atoms with E-state index in [2.05, 4.69) is 10.5 Å². The second kappa shape index (κ2) is 5.87. The zero-order chi connectivity index (χ0) is 13.7. The van der Waals surface area contributed by atoms with E-state index in [0.717, 1.165) is 5.71 Å². The predicted molar refractivity (Wildman–Crippen MR) is 70.2 cm³/mol. The Balaban J connectivity index is 1.96. The molecule has 2 rings (SSSR count). The maximum atomic E-state index is 12.0. The molecule has 1 aliphatic heterocycles. The number of piperidine rings is 1. The summed E-state index contributed by atoms with van der Waals surface area (Å²) in [7, 11) is 0. The van der Waals surface area contributed by atoms with E-state index in [1.54, 1.807) is 29.2 Å². The number of nitrogens with zero attached hydrogens (tertiary/aromatic N) is 3. The molecule has 2 amide bonds. The number of nitrogens with one attached hydrogen (secondary N) is 1. The van der Waals surface area contributed by atoms with Crippen molar-refractivity contribution in [2.75, 3.05) is 18.4 Å². The van der Waals surface area contributed by atoms with Gasteiger partial charge in [-0.25, -0.2) is 4.79 Å². The van der Waals surface area contributed by atoms with Gasteiger partial charge in [0.15, 0.2) is 0 Å². The second-order valence-corrected chi connectivity index (χ2v) is 4.28. The second-order valence-electron chi connectivity index (χ2n) is 4.28. The van der Waals surface area contributed by atoms with Crippen molar-refractivity contribution in [3.63, 3.8) is 0 Å². The van der Waals surface area contributed by atoms with Gasteiger partial charge in [0.05, 0.1) is 17.3 Å². The summed E-state index contributed by atoms with van der Waals surface area (Å²) in [6, 6.07) is 8.59. The lowest BCUT2D eigenvalue weighted by Gasteiger charge is -2.27. The maximum absolute atomic E-state index is 12.0. The molecule has 6 nitrogen and oxygen atoms in total. The zero-order valence-electron chi connectivity index (χ0n) is 10.3. The van der Waals surface area contributed by atoms with Gasteiger partial charge < -0.3 is 15.4 Å². The monoisotopic (exact) mass is 258 g/mol. The molecule has 98 valence electrons. The Kier molecular flexibility index (Phi) is 3.98. The molecule has 0 radical (unpaired) electrons. The molecule has 0 aliphatic carbocycles. The highest BCUT2D eigenvalue weighted by Gasteiger charge is 2.20. The molecule has 0 unspecified atom stereocenters. The summed E-state index contributed by atoms with van der Waals surface area (Å²) in [4.78, 5) is 13.7. The van der Waals surface area contributed by atoms with E-state index >= 15 is 0 Å². The van der Waals surface area contributed by atoms with Crippen LogP contribution in [0, 0.1) is 11.3 Å². The first kappa shape index (κ1) is 12.9. The Bertz CT molecular complexity index is 538. The summed E-state index contributed by atoms with van der Waals surface area (Å²) in [6.45, 7) is 1.06. The Morgan fingerprint density at radius 3 is 2.79 bits per heavy atom. The topological polar surface area (TPSA) is 88.7 Å². The van der Waals surface area contributed by atoms with E-state index in [1.165, 1.54) is 0 Å². The number of benzene rings is 1. The van der Waals surface area contributed by atoms with Crippen LogP contribution in [0.2, 0.25) is 0 Å². The number of anilines is 1. The summed E-state index contributed by atoms with van der Waals surface area (Å²) in [6.07, 6.45) is 1.17. The van der Waals surface area contributed by atoms with Gasteiger partial charge >= 0.3 is 6.03 Å². The van der Waals surface area contributed by atoms with Gasteiger partial charge in [-0.05, 0) is 18.2 Å². The molecule has 2 N–H and O–H groups in total. The van der Waals surface area contributed by atoms with E-state index in [4.69, 9.17) is 10.5 Å². The van der Waals surface area contributed by atoms with Gasteiger partial charge in [-0.15, -0.1) is 0 Å². The lowest BCUT2D eigenvalue weighted by atomic mass is 10.1. The van der Waals surface area contributed by atoms with Gasteiger partial charge in [0, 0.05) is 31.6 Å². The van der Waals surface area contributed by atoms with Crippen molar-refractivity contribution in [2.45, 2.75) is 12.8 Å². The number of rotatable bonds is 1. The van der Waals surface area contributed by atoms with Crippen molar-refractivity contribution in [2.24, 2.45) is 5.16 Å². The van der Waals surface area contributed by atoms with Crippen LogP contribution in [0.3, 0.4) is 0 Å². The van der Waals surface area contributed by atoms with Crippen LogP contribution in [-0.4, -0.2) is 34.9 Å². The first-order valence-electron chi connectivity index (χ1n) is 5.99. The smallest absolute Gasteiger partial charge is 0.321 e. The fourth-order valence-electron chi connectivity index (χ4n) is 1.94. The molecule has 0 atom stereocenters. The minimum atomic E-state index is -0.202. The van der Waals surface area contributed by atoms with Crippen LogP contribution in [0.5, 0.6) is 0 Å². The van der Waals surface area contributed by atoms with Crippen LogP contribution in [-0.2, 0) is 0 Å². The lowest BCUT2D eigenvalue weighted by molar-refractivity contribution is 0.210. The third kappa shape index (κ3) is 3.22. The minimum Gasteiger partial charge on any atom is -0.411 e. The van der Waals surface area contributed by atoms with Crippen molar-refractivity contribution in [1.82, 2.24) is 4.90 Å². The van der Waals surface area contributed by atoms with Crippen molar-refractivity contribution in [3.8, 4) is 6.07 Å². The summed E-state index contributed by atoms with van der Waals surface area (Å²) in [5.74, 6) is 0. The van der Waals surface area contributed by atoms with E-state index in [1.807, 2.05) is 6.07 Å². The predicted octanol–water partition coefficient (Wildman–Crippen LogP) is 2.02. The number of amides is 2. The van der Waals surface area contributed by atoms with Gasteiger partial charge in [-0.1, -0.05) is 11.2 Å². The van der Waals surface area contributed by atoms with E-state index in [0.29, 0.717) is 37.2 Å². The van der Waals surface area contributed by atoms with Gasteiger partial charge in [0.25, 0.3) is 0 Å². The van der Waals surface area contributed by atoms with Crippen molar-refractivity contribution in [1.29, 1.82) is 5.26 Å². The van der Waals surface area contributed by atoms with Crippen LogP contribution in [0.1, 0.15) is 18.4 Å². The standard InChI is InChI=1S/C13H14N4O2/c14-9-10-2-1-3-12(8-10)15-13(18)17-6-4-11(16-19)5-7-17/h1-3,8,19H,4-7H2,(H,15,18). The Hall–Kier alpha value is -2.55. The fourth-order valence-corrected chi connectivity index (χ4v) is 1.94. The number of likely N-dealkylation sites (tertiary alicyclic amines) is 1. The van der Waals surface area contributed by atoms with Gasteiger partial charge in [-0.3, -0.25) is 0 Å². The lowest BCUT2D eigenvalue weighted by Crippen LogP contribution is -2.41. The number of carbonyl (C=O) groups excluding carboxylic acids is 1. The molecular weight excluding hydrogens is 244 g/mol. The number of hydrogen-bond acceptors (Lipinski definition) is 4. The molecule has 6 heteroatoms. The van der Waals surface area contributed by atoms with Crippen LogP contribution in [0.25, 0.3) is 0 Å². The molecule has 19 heavy (non-hydrogen) atoms.